The van der Waals surface area contributed by atoms with Crippen molar-refractivity contribution in [3.63, 3.8) is 0 Å². The predicted octanol–water partition coefficient (Wildman–Crippen LogP) is 3.07. The Morgan fingerprint density at radius 2 is 1.71 bits per heavy atom. The molecule has 8 heteroatoms. The number of amides is 3. The van der Waals surface area contributed by atoms with Gasteiger partial charge in [0.15, 0.2) is 0 Å². The standard InChI is InChI=1S/C23H29N5O3/c1-16-10-12-27(13-11-16)20-8-6-19(7-9-20)25-18-4-2-17(3-5-18)15-28(31)22(29)21-14-24-23(30)26-21/h2-9,16,21,25,31H,10-15H2,1H3,(H2,24,26,30)/t21-/m0/s1. The lowest BCUT2D eigenvalue weighted by Gasteiger charge is -2.32. The van der Waals surface area contributed by atoms with Crippen LogP contribution in [0.25, 0.3) is 0 Å². The zero-order valence-corrected chi connectivity index (χ0v) is 17.7. The minimum absolute atomic E-state index is 0.0502. The van der Waals surface area contributed by atoms with Gasteiger partial charge in [0.1, 0.15) is 6.04 Å². The zero-order chi connectivity index (χ0) is 21.8. The second-order valence-electron chi connectivity index (χ2n) is 8.34. The number of nitrogens with one attached hydrogen (secondary N) is 3. The molecule has 1 atom stereocenters. The Hall–Kier alpha value is -3.26. The Labute approximate surface area is 182 Å². The Bertz CT molecular complexity index is 908. The number of hydrogen-bond acceptors (Lipinski definition) is 5. The molecule has 0 bridgehead atoms. The van der Waals surface area contributed by atoms with Crippen LogP contribution in [0.3, 0.4) is 0 Å². The van der Waals surface area contributed by atoms with Gasteiger partial charge in [0, 0.05) is 36.7 Å². The van der Waals surface area contributed by atoms with E-state index in [2.05, 4.69) is 52.0 Å². The number of carbonyl (C=O) groups excluding carboxylic acids is 2. The van der Waals surface area contributed by atoms with Gasteiger partial charge in [-0.05, 0) is 60.7 Å². The molecule has 0 spiro atoms. The summed E-state index contributed by atoms with van der Waals surface area (Å²) in [6.45, 7) is 4.77. The first-order valence-corrected chi connectivity index (χ1v) is 10.7. The average Bonchev–Trinajstić information content (AvgIpc) is 3.22. The number of carbonyl (C=O) groups is 2. The molecule has 4 N–H and O–H groups in total. The Morgan fingerprint density at radius 1 is 1.10 bits per heavy atom. The SMILES string of the molecule is CC1CCN(c2ccc(Nc3ccc(CN(O)C(=O)[C@@H]4CNC(=O)N4)cc3)cc2)CC1. The number of anilines is 3. The van der Waals surface area contributed by atoms with E-state index in [1.165, 1.54) is 18.5 Å². The summed E-state index contributed by atoms with van der Waals surface area (Å²) in [6, 6.07) is 14.9. The molecule has 2 aliphatic rings. The van der Waals surface area contributed by atoms with Gasteiger partial charge in [-0.3, -0.25) is 10.0 Å². The van der Waals surface area contributed by atoms with Crippen molar-refractivity contribution in [2.24, 2.45) is 5.92 Å². The van der Waals surface area contributed by atoms with E-state index < -0.39 is 18.0 Å². The zero-order valence-electron chi connectivity index (χ0n) is 17.7. The third-order valence-corrected chi connectivity index (χ3v) is 5.92. The lowest BCUT2D eigenvalue weighted by atomic mass is 9.99. The molecule has 8 nitrogen and oxygen atoms in total. The van der Waals surface area contributed by atoms with Gasteiger partial charge in [0.25, 0.3) is 5.91 Å². The van der Waals surface area contributed by atoms with Crippen molar-refractivity contribution in [3.8, 4) is 0 Å². The van der Waals surface area contributed by atoms with Gasteiger partial charge >= 0.3 is 6.03 Å². The molecule has 31 heavy (non-hydrogen) atoms. The van der Waals surface area contributed by atoms with Crippen LogP contribution >= 0.6 is 0 Å². The van der Waals surface area contributed by atoms with Crippen LogP contribution < -0.4 is 20.9 Å². The monoisotopic (exact) mass is 423 g/mol. The molecule has 2 aromatic carbocycles. The number of hydroxylamine groups is 2. The van der Waals surface area contributed by atoms with Gasteiger partial charge in [-0.2, -0.15) is 0 Å². The summed E-state index contributed by atoms with van der Waals surface area (Å²) in [7, 11) is 0. The molecule has 3 amide bonds. The Morgan fingerprint density at radius 3 is 2.29 bits per heavy atom. The van der Waals surface area contributed by atoms with Crippen LogP contribution in [-0.2, 0) is 11.3 Å². The van der Waals surface area contributed by atoms with Crippen LogP contribution in [0.4, 0.5) is 21.9 Å². The van der Waals surface area contributed by atoms with Crippen molar-refractivity contribution < 1.29 is 14.8 Å². The molecule has 0 radical (unpaired) electrons. The summed E-state index contributed by atoms with van der Waals surface area (Å²) >= 11 is 0. The van der Waals surface area contributed by atoms with Gasteiger partial charge in [-0.15, -0.1) is 0 Å². The molecule has 2 aromatic rings. The molecular formula is C23H29N5O3. The van der Waals surface area contributed by atoms with Gasteiger partial charge in [0.2, 0.25) is 0 Å². The molecule has 2 aliphatic heterocycles. The van der Waals surface area contributed by atoms with E-state index in [4.69, 9.17) is 0 Å². The normalized spacial score (nSPS) is 19.0. The van der Waals surface area contributed by atoms with Gasteiger partial charge < -0.3 is 20.9 Å². The van der Waals surface area contributed by atoms with Crippen molar-refractivity contribution in [3.05, 3.63) is 54.1 Å². The predicted molar refractivity (Wildman–Crippen MR) is 119 cm³/mol. The van der Waals surface area contributed by atoms with E-state index in [0.717, 1.165) is 35.9 Å². The highest BCUT2D eigenvalue weighted by Crippen LogP contribution is 2.25. The Balaban J connectivity index is 1.30. The minimum atomic E-state index is -0.741. The van der Waals surface area contributed by atoms with Crippen LogP contribution in [0.2, 0.25) is 0 Å². The fraction of sp³-hybridized carbons (Fsp3) is 0.391. The highest BCUT2D eigenvalue weighted by atomic mass is 16.5. The lowest BCUT2D eigenvalue weighted by Crippen LogP contribution is -2.43. The van der Waals surface area contributed by atoms with E-state index in [-0.39, 0.29) is 13.1 Å². The van der Waals surface area contributed by atoms with Crippen LogP contribution in [0.1, 0.15) is 25.3 Å². The summed E-state index contributed by atoms with van der Waals surface area (Å²) in [6.07, 6.45) is 2.49. The highest BCUT2D eigenvalue weighted by molar-refractivity contribution is 5.89. The van der Waals surface area contributed by atoms with E-state index in [0.29, 0.717) is 5.06 Å². The maximum Gasteiger partial charge on any atom is 0.315 e. The number of benzene rings is 2. The number of nitrogens with zero attached hydrogens (tertiary/aromatic N) is 2. The Kier molecular flexibility index (Phi) is 6.27. The van der Waals surface area contributed by atoms with E-state index in [1.54, 1.807) is 0 Å². The van der Waals surface area contributed by atoms with E-state index in [1.807, 2.05) is 24.3 Å². The van der Waals surface area contributed by atoms with Crippen molar-refractivity contribution in [2.45, 2.75) is 32.4 Å². The fourth-order valence-corrected chi connectivity index (χ4v) is 3.92. The van der Waals surface area contributed by atoms with Crippen LogP contribution in [0.15, 0.2) is 48.5 Å². The first-order chi connectivity index (χ1) is 15.0. The molecule has 2 heterocycles. The number of rotatable bonds is 6. The summed E-state index contributed by atoms with van der Waals surface area (Å²) in [5.41, 5.74) is 3.97. The summed E-state index contributed by atoms with van der Waals surface area (Å²) in [5, 5.41) is 19.0. The number of urea groups is 1. The topological polar surface area (TPSA) is 96.9 Å². The third-order valence-electron chi connectivity index (χ3n) is 5.92. The summed E-state index contributed by atoms with van der Waals surface area (Å²) < 4.78 is 0. The van der Waals surface area contributed by atoms with Crippen molar-refractivity contribution in [1.29, 1.82) is 0 Å². The molecule has 0 unspecified atom stereocenters. The van der Waals surface area contributed by atoms with Crippen LogP contribution in [0.5, 0.6) is 0 Å². The van der Waals surface area contributed by atoms with Crippen molar-refractivity contribution in [2.75, 3.05) is 29.9 Å². The second kappa shape index (κ2) is 9.26. The minimum Gasteiger partial charge on any atom is -0.372 e. The summed E-state index contributed by atoms with van der Waals surface area (Å²) in [5.74, 6) is 0.278. The fourth-order valence-electron chi connectivity index (χ4n) is 3.92. The average molecular weight is 424 g/mol. The van der Waals surface area contributed by atoms with Crippen LogP contribution in [0, 0.1) is 5.92 Å². The second-order valence-corrected chi connectivity index (χ2v) is 8.34. The number of hydrogen-bond donors (Lipinski definition) is 4. The van der Waals surface area contributed by atoms with Gasteiger partial charge in [-0.25, -0.2) is 9.86 Å². The molecule has 0 aromatic heterocycles. The van der Waals surface area contributed by atoms with E-state index >= 15 is 0 Å². The van der Waals surface area contributed by atoms with Gasteiger partial charge in [-0.1, -0.05) is 19.1 Å². The molecule has 2 saturated heterocycles. The first kappa shape index (κ1) is 21.0. The van der Waals surface area contributed by atoms with Crippen molar-refractivity contribution >= 4 is 29.0 Å². The molecule has 2 fully saturated rings. The molecule has 0 aliphatic carbocycles. The van der Waals surface area contributed by atoms with Crippen molar-refractivity contribution in [1.82, 2.24) is 15.7 Å². The first-order valence-electron chi connectivity index (χ1n) is 10.7. The molecule has 164 valence electrons. The molecular weight excluding hydrogens is 394 g/mol. The highest BCUT2D eigenvalue weighted by Gasteiger charge is 2.30. The van der Waals surface area contributed by atoms with Crippen LogP contribution in [-0.4, -0.2) is 47.9 Å². The molecule has 0 saturated carbocycles. The lowest BCUT2D eigenvalue weighted by molar-refractivity contribution is -0.169. The smallest absolute Gasteiger partial charge is 0.315 e. The largest absolute Gasteiger partial charge is 0.372 e. The summed E-state index contributed by atoms with van der Waals surface area (Å²) in [4.78, 5) is 25.8. The van der Waals surface area contributed by atoms with Gasteiger partial charge in [0.05, 0.1) is 6.54 Å². The number of piperidine rings is 1. The van der Waals surface area contributed by atoms with E-state index in [9.17, 15) is 14.8 Å². The quantitative estimate of drug-likeness (QED) is 0.423. The maximum absolute atomic E-state index is 12.2. The maximum atomic E-state index is 12.2. The third kappa shape index (κ3) is 5.27. The molecule has 4 rings (SSSR count).